The van der Waals surface area contributed by atoms with Gasteiger partial charge in [0, 0.05) is 10.6 Å². The Morgan fingerprint density at radius 2 is 1.86 bits per heavy atom. The first kappa shape index (κ1) is 15.8. The number of hydrogen-bond donors (Lipinski definition) is 1. The van der Waals surface area contributed by atoms with Gasteiger partial charge >= 0.3 is 0 Å². The third kappa shape index (κ3) is 4.44. The number of benzene rings is 2. The van der Waals surface area contributed by atoms with Crippen molar-refractivity contribution in [2.75, 3.05) is 5.32 Å². The summed E-state index contributed by atoms with van der Waals surface area (Å²) in [7, 11) is 0. The predicted octanol–water partition coefficient (Wildman–Crippen LogP) is 4.74. The topological polar surface area (TPSA) is 29.1 Å². The van der Waals surface area contributed by atoms with Crippen molar-refractivity contribution in [3.8, 4) is 0 Å². The summed E-state index contributed by atoms with van der Waals surface area (Å²) in [6.45, 7) is 1.73. The quantitative estimate of drug-likeness (QED) is 0.822. The van der Waals surface area contributed by atoms with Crippen LogP contribution in [0.4, 0.5) is 14.5 Å². The van der Waals surface area contributed by atoms with E-state index in [2.05, 4.69) is 5.32 Å². The number of carbonyl (C=O) groups is 1. The highest BCUT2D eigenvalue weighted by Gasteiger charge is 2.15. The first-order valence-electron chi connectivity index (χ1n) is 6.14. The van der Waals surface area contributed by atoms with Gasteiger partial charge in [0.2, 0.25) is 5.91 Å². The normalized spacial score (nSPS) is 12.0. The van der Waals surface area contributed by atoms with Crippen molar-refractivity contribution in [1.29, 1.82) is 0 Å². The number of carbonyl (C=O) groups excluding carboxylic acids is 1. The number of halogens is 3. The molecule has 0 heterocycles. The Balaban J connectivity index is 1.98. The molecule has 1 amide bonds. The molecule has 0 aliphatic heterocycles. The lowest BCUT2D eigenvalue weighted by Gasteiger charge is -2.12. The molecule has 2 aromatic rings. The Kier molecular flexibility index (Phi) is 5.20. The average molecular weight is 328 g/mol. The molecule has 1 atom stereocenters. The van der Waals surface area contributed by atoms with Gasteiger partial charge in [0.05, 0.1) is 10.3 Å². The van der Waals surface area contributed by atoms with E-state index in [1.165, 1.54) is 42.1 Å². The van der Waals surface area contributed by atoms with Crippen molar-refractivity contribution in [2.45, 2.75) is 17.1 Å². The van der Waals surface area contributed by atoms with E-state index in [4.69, 9.17) is 11.6 Å². The fourth-order valence-electron chi connectivity index (χ4n) is 1.59. The van der Waals surface area contributed by atoms with Gasteiger partial charge in [-0.3, -0.25) is 4.79 Å². The van der Waals surface area contributed by atoms with E-state index in [1.54, 1.807) is 19.1 Å². The standard InChI is InChI=1S/C15H12ClF2NOS/c1-9(21-12-5-2-10(17)3-6-12)15(20)19-11-4-7-14(18)13(16)8-11/h2-9H,1H3,(H,19,20)/t9-/m1/s1. The van der Waals surface area contributed by atoms with E-state index >= 15 is 0 Å². The lowest BCUT2D eigenvalue weighted by molar-refractivity contribution is -0.115. The van der Waals surface area contributed by atoms with E-state index in [0.29, 0.717) is 5.69 Å². The molecule has 0 unspecified atom stereocenters. The van der Waals surface area contributed by atoms with Crippen LogP contribution in [0.2, 0.25) is 5.02 Å². The van der Waals surface area contributed by atoms with Gasteiger partial charge in [-0.25, -0.2) is 8.78 Å². The van der Waals surface area contributed by atoms with Crippen LogP contribution in [0.1, 0.15) is 6.92 Å². The molecule has 0 aliphatic rings. The minimum absolute atomic E-state index is 0.0494. The minimum atomic E-state index is -0.539. The summed E-state index contributed by atoms with van der Waals surface area (Å²) in [5, 5.41) is 2.22. The number of anilines is 1. The van der Waals surface area contributed by atoms with E-state index in [1.807, 2.05) is 0 Å². The van der Waals surface area contributed by atoms with E-state index in [-0.39, 0.29) is 22.0 Å². The summed E-state index contributed by atoms with van der Waals surface area (Å²) < 4.78 is 25.8. The maximum absolute atomic E-state index is 13.0. The zero-order valence-electron chi connectivity index (χ0n) is 11.1. The molecule has 110 valence electrons. The molecule has 21 heavy (non-hydrogen) atoms. The number of nitrogens with one attached hydrogen (secondary N) is 1. The summed E-state index contributed by atoms with van der Waals surface area (Å²) in [4.78, 5) is 12.8. The van der Waals surface area contributed by atoms with Crippen molar-refractivity contribution < 1.29 is 13.6 Å². The van der Waals surface area contributed by atoms with Crippen molar-refractivity contribution in [3.05, 3.63) is 59.1 Å². The van der Waals surface area contributed by atoms with Gasteiger partial charge in [-0.1, -0.05) is 11.6 Å². The first-order chi connectivity index (χ1) is 9.95. The zero-order valence-corrected chi connectivity index (χ0v) is 12.6. The summed E-state index contributed by atoms with van der Waals surface area (Å²) >= 11 is 6.96. The Bertz CT molecular complexity index is 649. The highest BCUT2D eigenvalue weighted by Crippen LogP contribution is 2.25. The number of thioether (sulfide) groups is 1. The second kappa shape index (κ2) is 6.91. The lowest BCUT2D eigenvalue weighted by atomic mass is 10.3. The molecule has 1 N–H and O–H groups in total. The van der Waals surface area contributed by atoms with Gasteiger partial charge in [0.15, 0.2) is 0 Å². The third-order valence-corrected chi connectivity index (χ3v) is 4.08. The van der Waals surface area contributed by atoms with Gasteiger partial charge in [-0.05, 0) is 49.4 Å². The Morgan fingerprint density at radius 3 is 2.48 bits per heavy atom. The molecule has 0 saturated heterocycles. The van der Waals surface area contributed by atoms with Crippen LogP contribution in [0.25, 0.3) is 0 Å². The van der Waals surface area contributed by atoms with Crippen molar-refractivity contribution in [3.63, 3.8) is 0 Å². The molecule has 6 heteroatoms. The molecular formula is C15H12ClF2NOS. The smallest absolute Gasteiger partial charge is 0.237 e. The van der Waals surface area contributed by atoms with Crippen LogP contribution < -0.4 is 5.32 Å². The van der Waals surface area contributed by atoms with Gasteiger partial charge in [-0.15, -0.1) is 11.8 Å². The van der Waals surface area contributed by atoms with Crippen molar-refractivity contribution >= 4 is 35.0 Å². The van der Waals surface area contributed by atoms with Gasteiger partial charge in [0.1, 0.15) is 11.6 Å². The Morgan fingerprint density at radius 1 is 1.19 bits per heavy atom. The van der Waals surface area contributed by atoms with Crippen molar-refractivity contribution in [2.24, 2.45) is 0 Å². The molecule has 0 radical (unpaired) electrons. The molecule has 0 saturated carbocycles. The second-order valence-corrected chi connectivity index (χ2v) is 6.15. The average Bonchev–Trinajstić information content (AvgIpc) is 2.45. The van der Waals surface area contributed by atoms with Crippen LogP contribution in [0.15, 0.2) is 47.4 Å². The van der Waals surface area contributed by atoms with E-state index in [0.717, 1.165) is 4.90 Å². The number of rotatable bonds is 4. The Hall–Kier alpha value is -1.59. The summed E-state index contributed by atoms with van der Waals surface area (Å²) in [6.07, 6.45) is 0. The number of hydrogen-bond acceptors (Lipinski definition) is 2. The number of amides is 1. The summed E-state index contributed by atoms with van der Waals surface area (Å²) in [5.41, 5.74) is 0.429. The van der Waals surface area contributed by atoms with Crippen molar-refractivity contribution in [1.82, 2.24) is 0 Å². The summed E-state index contributed by atoms with van der Waals surface area (Å²) in [5.74, 6) is -1.10. The maximum atomic E-state index is 13.0. The largest absolute Gasteiger partial charge is 0.325 e. The van der Waals surface area contributed by atoms with Crippen LogP contribution in [-0.4, -0.2) is 11.2 Å². The molecule has 2 rings (SSSR count). The van der Waals surface area contributed by atoms with Gasteiger partial charge in [0.25, 0.3) is 0 Å². The molecule has 0 aromatic heterocycles. The fraction of sp³-hybridized carbons (Fsp3) is 0.133. The second-order valence-electron chi connectivity index (χ2n) is 4.33. The highest BCUT2D eigenvalue weighted by molar-refractivity contribution is 8.00. The van der Waals surface area contributed by atoms with Crippen LogP contribution in [0, 0.1) is 11.6 Å². The predicted molar refractivity (Wildman–Crippen MR) is 81.8 cm³/mol. The fourth-order valence-corrected chi connectivity index (χ4v) is 2.64. The first-order valence-corrected chi connectivity index (χ1v) is 7.39. The van der Waals surface area contributed by atoms with Gasteiger partial charge in [-0.2, -0.15) is 0 Å². The molecule has 0 spiro atoms. The molecule has 0 fully saturated rings. The minimum Gasteiger partial charge on any atom is -0.325 e. The Labute approximate surface area is 130 Å². The maximum Gasteiger partial charge on any atom is 0.237 e. The molecule has 0 bridgehead atoms. The molecule has 0 aliphatic carbocycles. The highest BCUT2D eigenvalue weighted by atomic mass is 35.5. The van der Waals surface area contributed by atoms with E-state index < -0.39 is 5.82 Å². The third-order valence-electron chi connectivity index (χ3n) is 2.68. The summed E-state index contributed by atoms with van der Waals surface area (Å²) in [6, 6.07) is 9.88. The van der Waals surface area contributed by atoms with Crippen LogP contribution in [-0.2, 0) is 4.79 Å². The molecular weight excluding hydrogens is 316 g/mol. The monoisotopic (exact) mass is 327 g/mol. The molecule has 2 nitrogen and oxygen atoms in total. The lowest BCUT2D eigenvalue weighted by Crippen LogP contribution is -2.22. The molecule has 2 aromatic carbocycles. The van der Waals surface area contributed by atoms with Crippen LogP contribution in [0.5, 0.6) is 0 Å². The van der Waals surface area contributed by atoms with Crippen LogP contribution >= 0.6 is 23.4 Å². The zero-order chi connectivity index (χ0) is 15.4. The SMILES string of the molecule is C[C@@H](Sc1ccc(F)cc1)C(=O)Nc1ccc(F)c(Cl)c1. The van der Waals surface area contributed by atoms with Crippen LogP contribution in [0.3, 0.4) is 0 Å². The van der Waals surface area contributed by atoms with Gasteiger partial charge < -0.3 is 5.32 Å². The van der Waals surface area contributed by atoms with E-state index in [9.17, 15) is 13.6 Å².